The van der Waals surface area contributed by atoms with E-state index in [1.165, 1.54) is 353 Å². The summed E-state index contributed by atoms with van der Waals surface area (Å²) in [4.78, 5) is 24.6. The van der Waals surface area contributed by atoms with Crippen molar-refractivity contribution in [3.05, 3.63) is 24.3 Å². The van der Waals surface area contributed by atoms with Crippen LogP contribution in [0.25, 0.3) is 0 Å². The predicted molar refractivity (Wildman–Crippen MR) is 370 cm³/mol. The van der Waals surface area contributed by atoms with Crippen LogP contribution in [0.15, 0.2) is 24.3 Å². The molecule has 0 rings (SSSR count). The minimum atomic E-state index is -0.663. The lowest BCUT2D eigenvalue weighted by atomic mass is 10.0. The Morgan fingerprint density at radius 2 is 0.619 bits per heavy atom. The predicted octanol–water partition coefficient (Wildman–Crippen LogP) is 25.3. The topological polar surface area (TPSA) is 95.9 Å². The molecule has 0 heterocycles. The molecule has 0 saturated carbocycles. The smallest absolute Gasteiger partial charge is 0.305 e. The Hall–Kier alpha value is -1.66. The van der Waals surface area contributed by atoms with Crippen LogP contribution in [0.5, 0.6) is 0 Å². The molecule has 0 spiro atoms. The van der Waals surface area contributed by atoms with Gasteiger partial charge in [-0.05, 0) is 51.4 Å². The first-order valence-corrected chi connectivity index (χ1v) is 38.6. The van der Waals surface area contributed by atoms with E-state index in [2.05, 4.69) is 43.5 Å². The molecule has 0 aliphatic heterocycles. The van der Waals surface area contributed by atoms with E-state index < -0.39 is 12.1 Å². The van der Waals surface area contributed by atoms with Crippen molar-refractivity contribution in [1.29, 1.82) is 0 Å². The highest BCUT2D eigenvalue weighted by Crippen LogP contribution is 2.20. The van der Waals surface area contributed by atoms with Crippen molar-refractivity contribution in [3.8, 4) is 0 Å². The summed E-state index contributed by atoms with van der Waals surface area (Å²) in [6, 6.07) is -0.540. The van der Waals surface area contributed by atoms with E-state index >= 15 is 0 Å². The van der Waals surface area contributed by atoms with Gasteiger partial charge in [0.25, 0.3) is 0 Å². The van der Waals surface area contributed by atoms with Crippen molar-refractivity contribution >= 4 is 11.9 Å². The number of carbonyl (C=O) groups is 2. The van der Waals surface area contributed by atoms with Crippen LogP contribution in [0.2, 0.25) is 0 Å². The van der Waals surface area contributed by atoms with Crippen LogP contribution in [0.3, 0.4) is 0 Å². The molecule has 1 amide bonds. The van der Waals surface area contributed by atoms with Crippen molar-refractivity contribution in [2.45, 2.75) is 450 Å². The number of rotatable bonds is 73. The van der Waals surface area contributed by atoms with Gasteiger partial charge in [-0.25, -0.2) is 0 Å². The first-order valence-electron chi connectivity index (χ1n) is 38.6. The van der Waals surface area contributed by atoms with Crippen LogP contribution in [0, 0.1) is 0 Å². The van der Waals surface area contributed by atoms with Gasteiger partial charge in [-0.2, -0.15) is 0 Å². The van der Waals surface area contributed by atoms with Crippen molar-refractivity contribution in [3.63, 3.8) is 0 Å². The second kappa shape index (κ2) is 73.8. The van der Waals surface area contributed by atoms with E-state index in [1.807, 2.05) is 0 Å². The lowest BCUT2D eigenvalue weighted by molar-refractivity contribution is -0.143. The van der Waals surface area contributed by atoms with Crippen molar-refractivity contribution in [2.24, 2.45) is 0 Å². The molecule has 0 aliphatic rings. The average Bonchev–Trinajstić information content (AvgIpc) is 3.51. The Labute approximate surface area is 526 Å². The highest BCUT2D eigenvalue weighted by atomic mass is 16.5. The molecule has 498 valence electrons. The number of ether oxygens (including phenoxy) is 1. The Bertz CT molecular complexity index is 1320. The van der Waals surface area contributed by atoms with Gasteiger partial charge in [0.2, 0.25) is 5.91 Å². The molecule has 0 bridgehead atoms. The number of esters is 1. The third-order valence-corrected chi connectivity index (χ3v) is 18.2. The zero-order valence-electron chi connectivity index (χ0n) is 57.2. The first kappa shape index (κ1) is 82.3. The van der Waals surface area contributed by atoms with Gasteiger partial charge < -0.3 is 20.3 Å². The van der Waals surface area contributed by atoms with Gasteiger partial charge in [0, 0.05) is 12.8 Å². The lowest BCUT2D eigenvalue weighted by Crippen LogP contribution is -2.45. The fourth-order valence-corrected chi connectivity index (χ4v) is 12.4. The molecule has 6 heteroatoms. The minimum absolute atomic E-state index is 0.00558. The summed E-state index contributed by atoms with van der Waals surface area (Å²) in [6.07, 6.45) is 94.0. The van der Waals surface area contributed by atoms with Gasteiger partial charge in [0.1, 0.15) is 0 Å². The summed E-state index contributed by atoms with van der Waals surface area (Å²) in [5.41, 5.74) is 0. The second-order valence-corrected chi connectivity index (χ2v) is 26.7. The van der Waals surface area contributed by atoms with E-state index in [0.29, 0.717) is 25.9 Å². The highest BCUT2D eigenvalue weighted by molar-refractivity contribution is 5.76. The molecular formula is C78H151NO5. The third kappa shape index (κ3) is 69.4. The quantitative estimate of drug-likeness (QED) is 0.0320. The Kier molecular flexibility index (Phi) is 72.3. The van der Waals surface area contributed by atoms with Crippen LogP contribution >= 0.6 is 0 Å². The first-order chi connectivity index (χ1) is 41.5. The molecule has 2 unspecified atom stereocenters. The van der Waals surface area contributed by atoms with Crippen LogP contribution in [-0.4, -0.2) is 47.4 Å². The van der Waals surface area contributed by atoms with Crippen LogP contribution in [0.1, 0.15) is 438 Å². The zero-order valence-corrected chi connectivity index (χ0v) is 57.2. The number of unbranched alkanes of at least 4 members (excludes halogenated alkanes) is 58. The summed E-state index contributed by atoms with van der Waals surface area (Å²) in [5, 5.41) is 23.5. The normalized spacial score (nSPS) is 12.6. The van der Waals surface area contributed by atoms with E-state index in [4.69, 9.17) is 4.74 Å². The summed E-state index contributed by atoms with van der Waals surface area (Å²) in [7, 11) is 0. The minimum Gasteiger partial charge on any atom is -0.466 e. The molecule has 0 aromatic rings. The molecule has 0 aromatic heterocycles. The lowest BCUT2D eigenvalue weighted by Gasteiger charge is -2.22. The van der Waals surface area contributed by atoms with Crippen molar-refractivity contribution in [2.75, 3.05) is 13.2 Å². The molecule has 3 N–H and O–H groups in total. The maximum Gasteiger partial charge on any atom is 0.305 e. The molecule has 6 nitrogen and oxygen atoms in total. The maximum atomic E-state index is 12.6. The Morgan fingerprint density at radius 3 is 0.952 bits per heavy atom. The Morgan fingerprint density at radius 1 is 0.333 bits per heavy atom. The largest absolute Gasteiger partial charge is 0.466 e. The molecule has 0 radical (unpaired) electrons. The van der Waals surface area contributed by atoms with E-state index in [1.54, 1.807) is 0 Å². The van der Waals surface area contributed by atoms with Gasteiger partial charge in [-0.3, -0.25) is 9.59 Å². The number of nitrogens with one attached hydrogen (secondary N) is 1. The number of hydrogen-bond acceptors (Lipinski definition) is 5. The van der Waals surface area contributed by atoms with Gasteiger partial charge in [-0.1, -0.05) is 398 Å². The molecular weight excluding hydrogens is 1030 g/mol. The van der Waals surface area contributed by atoms with Crippen LogP contribution < -0.4 is 5.32 Å². The van der Waals surface area contributed by atoms with Crippen molar-refractivity contribution < 1.29 is 24.5 Å². The maximum absolute atomic E-state index is 12.6. The van der Waals surface area contributed by atoms with Gasteiger partial charge >= 0.3 is 5.97 Å². The van der Waals surface area contributed by atoms with E-state index in [0.717, 1.165) is 51.4 Å². The number of hydrogen-bond donors (Lipinski definition) is 3. The average molecular weight is 1180 g/mol. The van der Waals surface area contributed by atoms with Crippen LogP contribution in [-0.2, 0) is 14.3 Å². The van der Waals surface area contributed by atoms with Gasteiger partial charge in [-0.15, -0.1) is 0 Å². The van der Waals surface area contributed by atoms with Gasteiger partial charge in [0.15, 0.2) is 0 Å². The molecule has 0 aromatic carbocycles. The van der Waals surface area contributed by atoms with E-state index in [9.17, 15) is 19.8 Å². The van der Waals surface area contributed by atoms with Crippen LogP contribution in [0.4, 0.5) is 0 Å². The molecule has 0 aliphatic carbocycles. The number of aliphatic hydroxyl groups excluding tert-OH is 2. The van der Waals surface area contributed by atoms with E-state index in [-0.39, 0.29) is 18.5 Å². The third-order valence-electron chi connectivity index (χ3n) is 18.2. The molecule has 0 fully saturated rings. The summed E-state index contributed by atoms with van der Waals surface area (Å²) in [5.74, 6) is -0.0199. The summed E-state index contributed by atoms with van der Waals surface area (Å²) in [6.45, 7) is 4.93. The van der Waals surface area contributed by atoms with Crippen molar-refractivity contribution in [1.82, 2.24) is 5.32 Å². The number of aliphatic hydroxyl groups is 2. The monoisotopic (exact) mass is 1180 g/mol. The molecule has 0 saturated heterocycles. The number of allylic oxidation sites excluding steroid dienone is 4. The Balaban J connectivity index is 3.34. The molecule has 84 heavy (non-hydrogen) atoms. The zero-order chi connectivity index (χ0) is 60.6. The second-order valence-electron chi connectivity index (χ2n) is 26.7. The standard InChI is InChI=1S/C78H151NO5/c1-3-5-7-9-11-13-15-17-18-19-20-21-22-31-34-37-40-43-47-50-54-58-62-66-70-76(81)75(74-80)79-77(82)71-67-63-59-55-51-48-44-41-38-35-32-29-27-25-23-24-26-28-30-33-36-39-42-45-49-53-57-61-65-69-73-84-78(83)72-68-64-60-56-52-46-16-14-12-10-8-6-4-2/h8,10,14,16,75-76,80-81H,3-7,9,11-13,15,17-74H2,1-2H3,(H,79,82)/b10-8-,16-14-. The number of amides is 1. The molecule has 2 atom stereocenters. The fourth-order valence-electron chi connectivity index (χ4n) is 12.4. The highest BCUT2D eigenvalue weighted by Gasteiger charge is 2.20. The number of carbonyl (C=O) groups excluding carboxylic acids is 2. The SMILES string of the molecule is CCC/C=C\C/C=C\CCCCCCCC(=O)OCCCCCCCCCCCCCCCCCCCCCCCCCCCCCCCCC(=O)NC(CO)C(O)CCCCCCCCCCCCCCCCCCCCCCCCCC. The van der Waals surface area contributed by atoms with Gasteiger partial charge in [0.05, 0.1) is 25.4 Å². The fraction of sp³-hybridized carbons (Fsp3) is 0.923. The summed E-state index contributed by atoms with van der Waals surface area (Å²) < 4.78 is 5.48. The summed E-state index contributed by atoms with van der Waals surface area (Å²) >= 11 is 0.